The van der Waals surface area contributed by atoms with Crippen LogP contribution < -0.4 is 0 Å². The van der Waals surface area contributed by atoms with E-state index in [1.54, 1.807) is 30.3 Å². The molecule has 1 aromatic rings. The number of carboxylic acids is 2. The quantitative estimate of drug-likeness (QED) is 0.600. The van der Waals surface area contributed by atoms with Gasteiger partial charge in [0.15, 0.2) is 0 Å². The van der Waals surface area contributed by atoms with Gasteiger partial charge in [-0.1, -0.05) is 36.4 Å². The minimum absolute atomic E-state index is 0. The molecule has 0 unspecified atom stereocenters. The maximum Gasteiger partial charge on any atom is 0.335 e. The topological polar surface area (TPSA) is 106 Å². The Hall–Kier alpha value is -2.40. The second kappa shape index (κ2) is 6.97. The second-order valence-electron chi connectivity index (χ2n) is 2.99. The first-order chi connectivity index (χ1) is 7.59. The zero-order valence-corrected chi connectivity index (χ0v) is 8.83. The van der Waals surface area contributed by atoms with E-state index in [-0.39, 0.29) is 11.0 Å². The molecule has 0 amide bonds. The molecule has 0 radical (unpaired) electrons. The Morgan fingerprint density at radius 3 is 2.12 bits per heavy atom. The number of aliphatic carboxylic acids is 2. The Bertz CT molecular complexity index is 445. The molecule has 0 bridgehead atoms. The third-order valence-corrected chi connectivity index (χ3v) is 1.78. The average molecular weight is 236 g/mol. The van der Waals surface area contributed by atoms with E-state index in [4.69, 9.17) is 10.2 Å². The largest absolute Gasteiger partial charge is 0.478 e. The molecule has 0 aliphatic heterocycles. The van der Waals surface area contributed by atoms with Gasteiger partial charge < -0.3 is 15.7 Å². The maximum atomic E-state index is 10.7. The predicted octanol–water partition coefficient (Wildman–Crippen LogP) is 0.971. The Morgan fingerprint density at radius 2 is 1.65 bits per heavy atom. The van der Waals surface area contributed by atoms with Crippen LogP contribution in [0.1, 0.15) is 5.56 Å². The SMILES string of the molecule is O.O=C(O)/C=C(/C=C/c1ccccc1)C(=O)O. The normalized spacial score (nSPS) is 10.9. The molecule has 0 aliphatic carbocycles. The van der Waals surface area contributed by atoms with Crippen molar-refractivity contribution in [2.24, 2.45) is 0 Å². The summed E-state index contributed by atoms with van der Waals surface area (Å²) in [6.07, 6.45) is 3.45. The Kier molecular flexibility index (Phi) is 5.99. The summed E-state index contributed by atoms with van der Waals surface area (Å²) in [4.78, 5) is 21.0. The highest BCUT2D eigenvalue weighted by atomic mass is 16.4. The lowest BCUT2D eigenvalue weighted by Gasteiger charge is -1.94. The van der Waals surface area contributed by atoms with E-state index >= 15 is 0 Å². The van der Waals surface area contributed by atoms with E-state index in [2.05, 4.69) is 0 Å². The zero-order valence-electron chi connectivity index (χ0n) is 8.83. The Morgan fingerprint density at radius 1 is 1.06 bits per heavy atom. The van der Waals surface area contributed by atoms with E-state index in [1.807, 2.05) is 6.07 Å². The van der Waals surface area contributed by atoms with Gasteiger partial charge in [-0.25, -0.2) is 9.59 Å². The molecule has 5 nitrogen and oxygen atoms in total. The monoisotopic (exact) mass is 236 g/mol. The highest BCUT2D eigenvalue weighted by molar-refractivity contribution is 5.97. The van der Waals surface area contributed by atoms with Gasteiger partial charge in [0.05, 0.1) is 5.57 Å². The smallest absolute Gasteiger partial charge is 0.335 e. The van der Waals surface area contributed by atoms with Crippen LogP contribution in [0, 0.1) is 0 Å². The summed E-state index contributed by atoms with van der Waals surface area (Å²) >= 11 is 0. The number of hydrogen-bond donors (Lipinski definition) is 2. The van der Waals surface area contributed by atoms with Crippen molar-refractivity contribution in [2.45, 2.75) is 0 Å². The lowest BCUT2D eigenvalue weighted by Crippen LogP contribution is -2.01. The zero-order chi connectivity index (χ0) is 12.0. The summed E-state index contributed by atoms with van der Waals surface area (Å²) in [6.45, 7) is 0. The van der Waals surface area contributed by atoms with Crippen LogP contribution in [0.3, 0.4) is 0 Å². The van der Waals surface area contributed by atoms with E-state index in [0.29, 0.717) is 6.08 Å². The molecule has 1 aromatic carbocycles. The first-order valence-electron chi connectivity index (χ1n) is 4.50. The van der Waals surface area contributed by atoms with Gasteiger partial charge in [0.1, 0.15) is 0 Å². The van der Waals surface area contributed by atoms with Crippen LogP contribution in [0.5, 0.6) is 0 Å². The van der Waals surface area contributed by atoms with E-state index in [9.17, 15) is 9.59 Å². The first kappa shape index (κ1) is 14.6. The molecular weight excluding hydrogens is 224 g/mol. The van der Waals surface area contributed by atoms with Crippen molar-refractivity contribution in [3.63, 3.8) is 0 Å². The van der Waals surface area contributed by atoms with Gasteiger partial charge in [0.2, 0.25) is 0 Å². The van der Waals surface area contributed by atoms with Gasteiger partial charge in [0.25, 0.3) is 0 Å². The van der Waals surface area contributed by atoms with E-state index in [1.165, 1.54) is 6.08 Å². The molecule has 5 heteroatoms. The third kappa shape index (κ3) is 5.29. The summed E-state index contributed by atoms with van der Waals surface area (Å²) in [5, 5.41) is 17.2. The third-order valence-electron chi connectivity index (χ3n) is 1.78. The number of hydrogen-bond acceptors (Lipinski definition) is 2. The molecule has 17 heavy (non-hydrogen) atoms. The van der Waals surface area contributed by atoms with Crippen molar-refractivity contribution in [1.29, 1.82) is 0 Å². The molecule has 90 valence electrons. The van der Waals surface area contributed by atoms with Gasteiger partial charge in [-0.3, -0.25) is 0 Å². The molecular formula is C12H12O5. The van der Waals surface area contributed by atoms with Crippen molar-refractivity contribution in [1.82, 2.24) is 0 Å². The highest BCUT2D eigenvalue weighted by Crippen LogP contribution is 2.05. The molecule has 1 rings (SSSR count). The van der Waals surface area contributed by atoms with Crippen LogP contribution >= 0.6 is 0 Å². The van der Waals surface area contributed by atoms with Crippen molar-refractivity contribution in [3.05, 3.63) is 53.6 Å². The van der Waals surface area contributed by atoms with E-state index in [0.717, 1.165) is 5.56 Å². The number of carboxylic acid groups (broad SMARTS) is 2. The Balaban J connectivity index is 0.00000256. The van der Waals surface area contributed by atoms with Crippen LogP contribution in [0.4, 0.5) is 0 Å². The molecule has 0 heterocycles. The van der Waals surface area contributed by atoms with Crippen molar-refractivity contribution in [2.75, 3.05) is 0 Å². The standard InChI is InChI=1S/C12H10O4.H2O/c13-11(14)8-10(12(15)16)7-6-9-4-2-1-3-5-9;/h1-8H,(H,13,14)(H,15,16);1H2/b7-6+,10-8-;. The van der Waals surface area contributed by atoms with Gasteiger partial charge in [-0.2, -0.15) is 0 Å². The molecule has 0 aliphatic rings. The summed E-state index contributed by atoms with van der Waals surface area (Å²) in [7, 11) is 0. The van der Waals surface area contributed by atoms with Crippen LogP contribution in [0.15, 0.2) is 48.1 Å². The minimum atomic E-state index is -1.28. The fraction of sp³-hybridized carbons (Fsp3) is 0. The maximum absolute atomic E-state index is 10.7. The molecule has 4 N–H and O–H groups in total. The van der Waals surface area contributed by atoms with Crippen molar-refractivity contribution in [3.8, 4) is 0 Å². The summed E-state index contributed by atoms with van der Waals surface area (Å²) in [5.41, 5.74) is 0.538. The van der Waals surface area contributed by atoms with Crippen LogP contribution in [0.2, 0.25) is 0 Å². The number of benzene rings is 1. The highest BCUT2D eigenvalue weighted by Gasteiger charge is 2.04. The van der Waals surface area contributed by atoms with Crippen molar-refractivity contribution >= 4 is 18.0 Å². The first-order valence-corrected chi connectivity index (χ1v) is 4.50. The van der Waals surface area contributed by atoms with Crippen LogP contribution in [-0.4, -0.2) is 27.6 Å². The summed E-state index contributed by atoms with van der Waals surface area (Å²) in [5.74, 6) is -2.55. The lowest BCUT2D eigenvalue weighted by molar-refractivity contribution is -0.134. The molecule has 0 aromatic heterocycles. The van der Waals surface area contributed by atoms with Crippen LogP contribution in [-0.2, 0) is 9.59 Å². The average Bonchev–Trinajstić information content (AvgIpc) is 2.25. The molecule has 0 saturated carbocycles. The predicted molar refractivity (Wildman–Crippen MR) is 62.4 cm³/mol. The van der Waals surface area contributed by atoms with Crippen LogP contribution in [0.25, 0.3) is 6.08 Å². The van der Waals surface area contributed by atoms with Gasteiger partial charge in [-0.05, 0) is 11.6 Å². The molecule has 0 fully saturated rings. The molecule has 0 atom stereocenters. The Labute approximate surface area is 97.6 Å². The lowest BCUT2D eigenvalue weighted by atomic mass is 10.1. The molecule has 0 saturated heterocycles. The van der Waals surface area contributed by atoms with Gasteiger partial charge in [0, 0.05) is 6.08 Å². The fourth-order valence-corrected chi connectivity index (χ4v) is 1.06. The minimum Gasteiger partial charge on any atom is -0.478 e. The molecule has 0 spiro atoms. The van der Waals surface area contributed by atoms with Crippen molar-refractivity contribution < 1.29 is 25.3 Å². The summed E-state index contributed by atoms with van der Waals surface area (Å²) in [6, 6.07) is 9.03. The fourth-order valence-electron chi connectivity index (χ4n) is 1.06. The van der Waals surface area contributed by atoms with E-state index < -0.39 is 11.9 Å². The van der Waals surface area contributed by atoms with Gasteiger partial charge >= 0.3 is 11.9 Å². The second-order valence-corrected chi connectivity index (χ2v) is 2.99. The number of carbonyl (C=O) groups is 2. The summed E-state index contributed by atoms with van der Waals surface area (Å²) < 4.78 is 0. The number of rotatable bonds is 4. The van der Waals surface area contributed by atoms with Gasteiger partial charge in [-0.15, -0.1) is 0 Å².